The lowest BCUT2D eigenvalue weighted by Crippen LogP contribution is -1.79. The van der Waals surface area contributed by atoms with Crippen LogP contribution in [0.5, 0.6) is 5.75 Å². The van der Waals surface area contributed by atoms with Crippen LogP contribution in [-0.2, 0) is 0 Å². The second kappa shape index (κ2) is 4.87. The molecule has 0 aliphatic heterocycles. The van der Waals surface area contributed by atoms with Gasteiger partial charge in [-0.15, -0.1) is 11.3 Å². The summed E-state index contributed by atoms with van der Waals surface area (Å²) in [4.78, 5) is 16.2. The van der Waals surface area contributed by atoms with E-state index < -0.39 is 0 Å². The summed E-state index contributed by atoms with van der Waals surface area (Å²) in [6.45, 7) is 0. The van der Waals surface area contributed by atoms with Crippen LogP contribution in [0.25, 0.3) is 20.5 Å². The van der Waals surface area contributed by atoms with Gasteiger partial charge in [0.1, 0.15) is 5.75 Å². The number of benzene rings is 2. The van der Waals surface area contributed by atoms with Crippen molar-refractivity contribution in [2.45, 2.75) is 9.24 Å². The van der Waals surface area contributed by atoms with Crippen LogP contribution in [0.4, 0.5) is 0 Å². The second-order valence-electron chi connectivity index (χ2n) is 4.24. The molecule has 0 saturated carbocycles. The van der Waals surface area contributed by atoms with Crippen LogP contribution in [-0.4, -0.2) is 10.1 Å². The van der Waals surface area contributed by atoms with Gasteiger partial charge in [-0.3, -0.25) is 0 Å². The molecule has 0 spiro atoms. The molecule has 0 fully saturated rings. The van der Waals surface area contributed by atoms with Crippen molar-refractivity contribution in [2.24, 2.45) is 0 Å². The molecule has 0 radical (unpaired) electrons. The molecule has 0 saturated heterocycles. The van der Waals surface area contributed by atoms with Gasteiger partial charge in [-0.1, -0.05) is 35.2 Å². The molecule has 4 rings (SSSR count). The van der Waals surface area contributed by atoms with E-state index in [1.807, 2.05) is 24.3 Å². The van der Waals surface area contributed by atoms with Crippen molar-refractivity contribution >= 4 is 54.9 Å². The third-order valence-electron chi connectivity index (χ3n) is 2.90. The highest BCUT2D eigenvalue weighted by atomic mass is 32.2. The van der Waals surface area contributed by atoms with E-state index in [1.165, 1.54) is 17.8 Å². The van der Waals surface area contributed by atoms with Crippen LogP contribution in [0.2, 0.25) is 0 Å². The number of aromatic hydroxyl groups is 1. The first-order valence-corrected chi connectivity index (χ1v) is 8.45. The van der Waals surface area contributed by atoms with E-state index in [0.717, 1.165) is 25.9 Å². The third-order valence-corrected chi connectivity index (χ3v) is 6.10. The fraction of sp³-hybridized carbons (Fsp3) is 0. The Bertz CT molecular complexity index is 982. The summed E-state index contributed by atoms with van der Waals surface area (Å²) in [7, 11) is 0. The number of rotatable bonds is 2. The Kier molecular flexibility index (Phi) is 2.99. The van der Waals surface area contributed by atoms with E-state index in [0.29, 0.717) is 15.2 Å². The topological polar surface area (TPSA) is 63.3 Å². The van der Waals surface area contributed by atoms with Crippen LogP contribution < -0.4 is 4.94 Å². The van der Waals surface area contributed by atoms with E-state index in [9.17, 15) is 9.90 Å². The van der Waals surface area contributed by atoms with Crippen molar-refractivity contribution in [1.82, 2.24) is 4.98 Å². The van der Waals surface area contributed by atoms with E-state index >= 15 is 0 Å². The van der Waals surface area contributed by atoms with Gasteiger partial charge < -0.3 is 9.52 Å². The molecule has 1 N–H and O–H groups in total. The molecular formula is C14H7NO3S3. The molecule has 0 unspecified atom stereocenters. The van der Waals surface area contributed by atoms with Gasteiger partial charge in [0.2, 0.25) is 0 Å². The Morgan fingerprint density at radius 3 is 2.86 bits per heavy atom. The number of phenols is 1. The number of thiazole rings is 1. The SMILES string of the molecule is O=c1oc2ccc(O)c(Sc3nc4ccccc4s3)c2s1. The molecule has 7 heteroatoms. The number of fused-ring (bicyclic) bond motifs is 2. The summed E-state index contributed by atoms with van der Waals surface area (Å²) >= 11 is 3.90. The maximum Gasteiger partial charge on any atom is 0.396 e. The fourth-order valence-corrected chi connectivity index (χ4v) is 5.01. The van der Waals surface area contributed by atoms with Gasteiger partial charge in [0.25, 0.3) is 0 Å². The van der Waals surface area contributed by atoms with Crippen molar-refractivity contribution < 1.29 is 9.52 Å². The minimum atomic E-state index is -0.373. The molecule has 0 atom stereocenters. The lowest BCUT2D eigenvalue weighted by Gasteiger charge is -2.01. The molecule has 104 valence electrons. The monoisotopic (exact) mass is 333 g/mol. The summed E-state index contributed by atoms with van der Waals surface area (Å²) < 4.78 is 7.65. The summed E-state index contributed by atoms with van der Waals surface area (Å²) in [5.74, 6) is 0.129. The first-order valence-electron chi connectivity index (χ1n) is 6.00. The van der Waals surface area contributed by atoms with Crippen molar-refractivity contribution in [3.63, 3.8) is 0 Å². The predicted molar refractivity (Wildman–Crippen MR) is 85.8 cm³/mol. The highest BCUT2D eigenvalue weighted by molar-refractivity contribution is 8.01. The quantitative estimate of drug-likeness (QED) is 0.592. The van der Waals surface area contributed by atoms with Crippen molar-refractivity contribution in [3.8, 4) is 5.75 Å². The summed E-state index contributed by atoms with van der Waals surface area (Å²) in [6.07, 6.45) is 0. The number of hydrogen-bond acceptors (Lipinski definition) is 7. The Balaban J connectivity index is 1.86. The Morgan fingerprint density at radius 1 is 1.14 bits per heavy atom. The molecule has 21 heavy (non-hydrogen) atoms. The number of phenolic OH excluding ortho intramolecular Hbond substituents is 1. The van der Waals surface area contributed by atoms with Gasteiger partial charge in [-0.2, -0.15) is 0 Å². The maximum atomic E-state index is 11.4. The molecule has 0 aliphatic carbocycles. The fourth-order valence-electron chi connectivity index (χ4n) is 1.99. The Labute approximate surface area is 130 Å². The molecule has 0 amide bonds. The minimum absolute atomic E-state index is 0.129. The standard InChI is InChI=1S/C14H7NO3S3/c16-8-5-6-9-12(21-14(17)18-9)11(8)20-13-15-7-3-1-2-4-10(7)19-13/h1-6,16H. The highest BCUT2D eigenvalue weighted by Gasteiger charge is 2.15. The van der Waals surface area contributed by atoms with Crippen molar-refractivity contribution in [3.05, 3.63) is 46.1 Å². The number of nitrogens with zero attached hydrogens (tertiary/aromatic N) is 1. The first kappa shape index (κ1) is 12.9. The lowest BCUT2D eigenvalue weighted by molar-refractivity contribution is 0.463. The molecule has 0 bridgehead atoms. The van der Waals surface area contributed by atoms with Crippen LogP contribution in [0.3, 0.4) is 0 Å². The van der Waals surface area contributed by atoms with Gasteiger partial charge in [0.15, 0.2) is 9.92 Å². The Hall–Kier alpha value is -1.83. The molecule has 2 aromatic carbocycles. The van der Waals surface area contributed by atoms with E-state index in [-0.39, 0.29) is 10.7 Å². The predicted octanol–water partition coefficient (Wildman–Crippen LogP) is 4.32. The molecule has 2 aromatic heterocycles. The summed E-state index contributed by atoms with van der Waals surface area (Å²) in [6, 6.07) is 11.0. The zero-order valence-corrected chi connectivity index (χ0v) is 12.8. The first-order chi connectivity index (χ1) is 10.2. The third kappa shape index (κ3) is 2.23. The average molecular weight is 333 g/mol. The smallest absolute Gasteiger partial charge is 0.396 e. The number of hydrogen-bond donors (Lipinski definition) is 1. The van der Waals surface area contributed by atoms with Gasteiger partial charge >= 0.3 is 4.94 Å². The second-order valence-corrected chi connectivity index (χ2v) is 7.48. The van der Waals surface area contributed by atoms with Crippen LogP contribution in [0, 0.1) is 0 Å². The molecule has 2 heterocycles. The normalized spacial score (nSPS) is 11.4. The zero-order chi connectivity index (χ0) is 14.4. The lowest BCUT2D eigenvalue weighted by atomic mass is 10.3. The van der Waals surface area contributed by atoms with Crippen LogP contribution >= 0.6 is 34.4 Å². The van der Waals surface area contributed by atoms with E-state index in [4.69, 9.17) is 4.42 Å². The van der Waals surface area contributed by atoms with Crippen molar-refractivity contribution in [2.75, 3.05) is 0 Å². The van der Waals surface area contributed by atoms with E-state index in [2.05, 4.69) is 4.98 Å². The molecule has 0 aliphatic rings. The van der Waals surface area contributed by atoms with Gasteiger partial charge in [0, 0.05) is 0 Å². The van der Waals surface area contributed by atoms with Crippen LogP contribution in [0.1, 0.15) is 0 Å². The minimum Gasteiger partial charge on any atom is -0.507 e. The van der Waals surface area contributed by atoms with Gasteiger partial charge in [-0.05, 0) is 24.3 Å². The van der Waals surface area contributed by atoms with Crippen molar-refractivity contribution in [1.29, 1.82) is 0 Å². The summed E-state index contributed by atoms with van der Waals surface area (Å²) in [5, 5.41) is 10.1. The highest BCUT2D eigenvalue weighted by Crippen LogP contribution is 2.43. The van der Waals surface area contributed by atoms with Gasteiger partial charge in [-0.25, -0.2) is 9.78 Å². The summed E-state index contributed by atoms with van der Waals surface area (Å²) in [5.41, 5.74) is 1.42. The number of aromatic nitrogens is 1. The zero-order valence-electron chi connectivity index (χ0n) is 10.4. The van der Waals surface area contributed by atoms with Crippen LogP contribution in [0.15, 0.2) is 54.8 Å². The Morgan fingerprint density at radius 2 is 2.00 bits per heavy atom. The molecule has 4 nitrogen and oxygen atoms in total. The molecule has 4 aromatic rings. The largest absolute Gasteiger partial charge is 0.507 e. The average Bonchev–Trinajstić information content (AvgIpc) is 3.04. The van der Waals surface area contributed by atoms with Gasteiger partial charge in [0.05, 0.1) is 19.8 Å². The maximum absolute atomic E-state index is 11.4. The van der Waals surface area contributed by atoms with E-state index in [1.54, 1.807) is 17.4 Å². The number of para-hydroxylation sites is 1. The molecular weight excluding hydrogens is 326 g/mol.